The summed E-state index contributed by atoms with van der Waals surface area (Å²) in [5, 5.41) is 5.80. The summed E-state index contributed by atoms with van der Waals surface area (Å²) in [7, 11) is -3.88. The van der Waals surface area contributed by atoms with Gasteiger partial charge < -0.3 is 15.5 Å². The fourth-order valence-corrected chi connectivity index (χ4v) is 5.82. The van der Waals surface area contributed by atoms with Crippen molar-refractivity contribution < 1.29 is 22.8 Å². The third-order valence-corrected chi connectivity index (χ3v) is 8.62. The van der Waals surface area contributed by atoms with E-state index in [0.29, 0.717) is 45.3 Å². The summed E-state index contributed by atoms with van der Waals surface area (Å²) in [6.45, 7) is 12.9. The third-order valence-electron chi connectivity index (χ3n) is 7.16. The Morgan fingerprint density at radius 3 is 2.16 bits per heavy atom. The van der Waals surface area contributed by atoms with Gasteiger partial charge in [-0.3, -0.25) is 14.4 Å². The highest BCUT2D eigenvalue weighted by molar-refractivity contribution is 7.89. The minimum Gasteiger partial charge on any atom is -0.354 e. The molecule has 0 aromatic heterocycles. The number of amides is 3. The van der Waals surface area contributed by atoms with E-state index in [1.165, 1.54) is 12.1 Å². The maximum atomic E-state index is 13.5. The number of benzene rings is 1. The Morgan fingerprint density at radius 2 is 1.63 bits per heavy atom. The quantitative estimate of drug-likeness (QED) is 0.348. The Hall–Kier alpha value is -2.46. The number of carbonyl (C=O) groups is 3. The van der Waals surface area contributed by atoms with Crippen molar-refractivity contribution in [2.24, 2.45) is 17.8 Å². The molecular formula is C28H46N4O5S. The lowest BCUT2D eigenvalue weighted by molar-refractivity contribution is -0.138. The molecule has 0 bridgehead atoms. The Bertz CT molecular complexity index is 1030. The molecular weight excluding hydrogens is 504 g/mol. The van der Waals surface area contributed by atoms with Crippen LogP contribution in [0.5, 0.6) is 0 Å². The zero-order valence-electron chi connectivity index (χ0n) is 23.7. The molecule has 1 saturated heterocycles. The molecule has 0 aliphatic carbocycles. The minimum absolute atomic E-state index is 0.124. The van der Waals surface area contributed by atoms with Crippen molar-refractivity contribution in [1.82, 2.24) is 20.3 Å². The van der Waals surface area contributed by atoms with Crippen LogP contribution in [0.25, 0.3) is 0 Å². The number of sulfonamides is 1. The van der Waals surface area contributed by atoms with Gasteiger partial charge in [-0.05, 0) is 56.6 Å². The van der Waals surface area contributed by atoms with Crippen molar-refractivity contribution in [3.8, 4) is 0 Å². The standard InChI is InChI=1S/C28H46N4O5S/c1-7-15-29-27(34)24(18-19(3)4)30-26(33)22-13-16-32(17-14-22)28(35)25(21(6)8-2)31-38(36,37)23-11-9-20(5)10-12-23/h9-12,19,21-22,24-25,31H,7-8,13-18H2,1-6H3,(H,29,34)(H,30,33)/t21?,24-,25-/m0/s1. The number of hydrogen-bond donors (Lipinski definition) is 3. The van der Waals surface area contributed by atoms with Crippen LogP contribution in [0.4, 0.5) is 0 Å². The minimum atomic E-state index is -3.88. The molecule has 1 aliphatic rings. The number of likely N-dealkylation sites (tertiary alicyclic amines) is 1. The molecule has 1 fully saturated rings. The predicted molar refractivity (Wildman–Crippen MR) is 149 cm³/mol. The molecule has 1 aliphatic heterocycles. The lowest BCUT2D eigenvalue weighted by atomic mass is 9.93. The number of nitrogens with zero attached hydrogens (tertiary/aromatic N) is 1. The summed E-state index contributed by atoms with van der Waals surface area (Å²) in [5.74, 6) is -0.883. The van der Waals surface area contributed by atoms with Crippen LogP contribution in [-0.4, -0.2) is 62.8 Å². The number of aryl methyl sites for hydroxylation is 1. The summed E-state index contributed by atoms with van der Waals surface area (Å²) >= 11 is 0. The maximum absolute atomic E-state index is 13.5. The molecule has 1 heterocycles. The van der Waals surface area contributed by atoms with Crippen LogP contribution in [0.15, 0.2) is 29.2 Å². The highest BCUT2D eigenvalue weighted by Crippen LogP contribution is 2.22. The second-order valence-electron chi connectivity index (χ2n) is 10.9. The van der Waals surface area contributed by atoms with Crippen LogP contribution in [0, 0.1) is 24.7 Å². The zero-order valence-corrected chi connectivity index (χ0v) is 24.6. The van der Waals surface area contributed by atoms with Gasteiger partial charge in [0.25, 0.3) is 0 Å². The monoisotopic (exact) mass is 550 g/mol. The van der Waals surface area contributed by atoms with Gasteiger partial charge in [0.05, 0.1) is 4.90 Å². The highest BCUT2D eigenvalue weighted by Gasteiger charge is 2.36. The Kier molecular flexibility index (Phi) is 12.2. The molecule has 3 atom stereocenters. The largest absolute Gasteiger partial charge is 0.354 e. The van der Waals surface area contributed by atoms with Gasteiger partial charge in [-0.25, -0.2) is 8.42 Å². The number of nitrogens with one attached hydrogen (secondary N) is 3. The van der Waals surface area contributed by atoms with Crippen molar-refractivity contribution in [3.05, 3.63) is 29.8 Å². The Labute approximate surface area is 228 Å². The van der Waals surface area contributed by atoms with Gasteiger partial charge in [0, 0.05) is 25.6 Å². The maximum Gasteiger partial charge on any atom is 0.242 e. The molecule has 0 saturated carbocycles. The smallest absolute Gasteiger partial charge is 0.242 e. The third kappa shape index (κ3) is 9.08. The van der Waals surface area contributed by atoms with E-state index >= 15 is 0 Å². The summed E-state index contributed by atoms with van der Waals surface area (Å²) in [5.41, 5.74) is 0.947. The van der Waals surface area contributed by atoms with Crippen molar-refractivity contribution >= 4 is 27.7 Å². The van der Waals surface area contributed by atoms with Gasteiger partial charge in [-0.15, -0.1) is 0 Å². The lowest BCUT2D eigenvalue weighted by Crippen LogP contribution is -2.54. The van der Waals surface area contributed by atoms with E-state index < -0.39 is 22.1 Å². The second kappa shape index (κ2) is 14.6. The molecule has 1 aromatic rings. The average molecular weight is 551 g/mol. The summed E-state index contributed by atoms with van der Waals surface area (Å²) in [4.78, 5) is 40.8. The number of rotatable bonds is 13. The van der Waals surface area contributed by atoms with E-state index in [1.54, 1.807) is 17.0 Å². The van der Waals surface area contributed by atoms with Crippen LogP contribution in [-0.2, 0) is 24.4 Å². The average Bonchev–Trinajstić information content (AvgIpc) is 2.89. The fourth-order valence-electron chi connectivity index (χ4n) is 4.52. The van der Waals surface area contributed by atoms with Gasteiger partial charge >= 0.3 is 0 Å². The normalized spacial score (nSPS) is 17.1. The number of hydrogen-bond acceptors (Lipinski definition) is 5. The molecule has 2 rings (SSSR count). The van der Waals surface area contributed by atoms with Crippen LogP contribution >= 0.6 is 0 Å². The summed E-state index contributed by atoms with van der Waals surface area (Å²) < 4.78 is 28.7. The lowest BCUT2D eigenvalue weighted by Gasteiger charge is -2.35. The van der Waals surface area contributed by atoms with Gasteiger partial charge in [0.15, 0.2) is 0 Å². The molecule has 0 spiro atoms. The molecule has 1 unspecified atom stereocenters. The first kappa shape index (κ1) is 31.8. The van der Waals surface area contributed by atoms with Crippen molar-refractivity contribution in [3.63, 3.8) is 0 Å². The van der Waals surface area contributed by atoms with Crippen molar-refractivity contribution in [1.29, 1.82) is 0 Å². The first-order chi connectivity index (χ1) is 17.9. The summed E-state index contributed by atoms with van der Waals surface area (Å²) in [6, 6.07) is 5.05. The number of piperidine rings is 1. The summed E-state index contributed by atoms with van der Waals surface area (Å²) in [6.07, 6.45) is 2.92. The van der Waals surface area contributed by atoms with Gasteiger partial charge in [0.2, 0.25) is 27.7 Å². The Morgan fingerprint density at radius 1 is 1.03 bits per heavy atom. The van der Waals surface area contributed by atoms with Gasteiger partial charge in [-0.1, -0.05) is 58.7 Å². The van der Waals surface area contributed by atoms with E-state index in [1.807, 2.05) is 41.5 Å². The van der Waals surface area contributed by atoms with Crippen molar-refractivity contribution in [2.75, 3.05) is 19.6 Å². The molecule has 1 aromatic carbocycles. The topological polar surface area (TPSA) is 125 Å². The van der Waals surface area contributed by atoms with Crippen LogP contribution in [0.3, 0.4) is 0 Å². The van der Waals surface area contributed by atoms with Crippen LogP contribution in [0.1, 0.15) is 72.3 Å². The first-order valence-corrected chi connectivity index (χ1v) is 15.3. The van der Waals surface area contributed by atoms with Crippen LogP contribution < -0.4 is 15.4 Å². The van der Waals surface area contributed by atoms with Gasteiger partial charge in [0.1, 0.15) is 12.1 Å². The SMILES string of the molecule is CCCNC(=O)[C@H](CC(C)C)NC(=O)C1CCN(C(=O)[C@@H](NS(=O)(=O)c2ccc(C)cc2)C(C)CC)CC1. The van der Waals surface area contributed by atoms with E-state index in [9.17, 15) is 22.8 Å². The van der Waals surface area contributed by atoms with Crippen molar-refractivity contribution in [2.45, 2.75) is 90.6 Å². The second-order valence-corrected chi connectivity index (χ2v) is 12.6. The fraction of sp³-hybridized carbons (Fsp3) is 0.679. The van der Waals surface area contributed by atoms with E-state index in [2.05, 4.69) is 15.4 Å². The molecule has 0 radical (unpaired) electrons. The number of carbonyl (C=O) groups excluding carboxylic acids is 3. The highest BCUT2D eigenvalue weighted by atomic mass is 32.2. The van der Waals surface area contributed by atoms with Gasteiger partial charge in [-0.2, -0.15) is 4.72 Å². The zero-order chi connectivity index (χ0) is 28.5. The van der Waals surface area contributed by atoms with E-state index in [-0.39, 0.29) is 40.4 Å². The molecule has 3 N–H and O–H groups in total. The molecule has 38 heavy (non-hydrogen) atoms. The predicted octanol–water partition coefficient (Wildman–Crippen LogP) is 2.98. The molecule has 214 valence electrons. The van der Waals surface area contributed by atoms with Crippen LogP contribution in [0.2, 0.25) is 0 Å². The molecule has 9 nitrogen and oxygen atoms in total. The first-order valence-electron chi connectivity index (χ1n) is 13.8. The van der Waals surface area contributed by atoms with E-state index in [0.717, 1.165) is 12.0 Å². The Balaban J connectivity index is 2.04. The van der Waals surface area contributed by atoms with E-state index in [4.69, 9.17) is 0 Å². The molecule has 10 heteroatoms. The molecule has 3 amide bonds.